The molecule has 12 heavy (non-hydrogen) atoms. The van der Waals surface area contributed by atoms with E-state index >= 15 is 0 Å². The van der Waals surface area contributed by atoms with E-state index in [2.05, 4.69) is 15.3 Å². The zero-order valence-corrected chi connectivity index (χ0v) is 7.61. The third-order valence-corrected chi connectivity index (χ3v) is 1.29. The van der Waals surface area contributed by atoms with Crippen LogP contribution in [-0.4, -0.2) is 18.5 Å². The summed E-state index contributed by atoms with van der Waals surface area (Å²) >= 11 is 0. The van der Waals surface area contributed by atoms with Crippen LogP contribution in [0.1, 0.15) is 20.8 Å². The van der Waals surface area contributed by atoms with Gasteiger partial charge in [-0.15, -0.1) is 0 Å². The lowest BCUT2D eigenvalue weighted by molar-refractivity contribution is -0.122. The van der Waals surface area contributed by atoms with Crippen LogP contribution in [0.4, 0.5) is 0 Å². The Morgan fingerprint density at radius 1 is 1.58 bits per heavy atom. The maximum atomic E-state index is 11.1. The Bertz CT molecular complexity index is 196. The minimum atomic E-state index is -0.617. The van der Waals surface area contributed by atoms with Gasteiger partial charge >= 0.3 is 0 Å². The first-order valence-electron chi connectivity index (χ1n) is 3.89. The fraction of sp³-hybridized carbons (Fsp3) is 0.857. The lowest BCUT2D eigenvalue weighted by Gasteiger charge is -2.08. The third-order valence-electron chi connectivity index (χ3n) is 1.29. The highest BCUT2D eigenvalue weighted by molar-refractivity contribution is 5.81. The molecule has 0 radical (unpaired) electrons. The van der Waals surface area contributed by atoms with E-state index in [-0.39, 0.29) is 5.91 Å². The molecule has 1 unspecified atom stereocenters. The van der Waals surface area contributed by atoms with Crippen LogP contribution in [0.3, 0.4) is 0 Å². The van der Waals surface area contributed by atoms with E-state index in [0.717, 1.165) is 0 Å². The molecule has 1 N–H and O–H groups in total. The maximum absolute atomic E-state index is 11.1. The fourth-order valence-corrected chi connectivity index (χ4v) is 0.582. The molecule has 5 heteroatoms. The standard InChI is InChI=1S/C7H14N4O/c1-5(2)4-9-7(12)6(3)10-11-8/h5-6H,4H2,1-3H3,(H,9,12). The number of hydrogen-bond acceptors (Lipinski definition) is 2. The predicted octanol–water partition coefficient (Wildman–Crippen LogP) is 1.46. The molecule has 0 aliphatic rings. The van der Waals surface area contributed by atoms with Gasteiger partial charge < -0.3 is 5.32 Å². The van der Waals surface area contributed by atoms with Crippen LogP contribution in [0.2, 0.25) is 0 Å². The summed E-state index contributed by atoms with van der Waals surface area (Å²) in [5.74, 6) is 0.189. The van der Waals surface area contributed by atoms with E-state index in [1.807, 2.05) is 13.8 Å². The van der Waals surface area contributed by atoms with Crippen molar-refractivity contribution >= 4 is 5.91 Å². The summed E-state index contributed by atoms with van der Waals surface area (Å²) in [6.07, 6.45) is 0. The van der Waals surface area contributed by atoms with Crippen molar-refractivity contribution in [3.63, 3.8) is 0 Å². The van der Waals surface area contributed by atoms with Crippen LogP contribution in [-0.2, 0) is 4.79 Å². The van der Waals surface area contributed by atoms with Crippen molar-refractivity contribution in [2.45, 2.75) is 26.8 Å². The first-order chi connectivity index (χ1) is 5.57. The predicted molar refractivity (Wildman–Crippen MR) is 46.5 cm³/mol. The molecule has 0 aliphatic carbocycles. The van der Waals surface area contributed by atoms with Gasteiger partial charge in [-0.3, -0.25) is 4.79 Å². The van der Waals surface area contributed by atoms with Crippen molar-refractivity contribution in [1.82, 2.24) is 5.32 Å². The van der Waals surface area contributed by atoms with Crippen LogP contribution in [0.25, 0.3) is 10.4 Å². The van der Waals surface area contributed by atoms with E-state index in [4.69, 9.17) is 5.53 Å². The molecule has 0 spiro atoms. The maximum Gasteiger partial charge on any atom is 0.228 e. The molecule has 0 aromatic heterocycles. The van der Waals surface area contributed by atoms with Gasteiger partial charge in [0.15, 0.2) is 0 Å². The molecular formula is C7H14N4O. The molecule has 0 aromatic rings. The van der Waals surface area contributed by atoms with Gasteiger partial charge in [-0.25, -0.2) is 0 Å². The van der Waals surface area contributed by atoms with Crippen molar-refractivity contribution in [1.29, 1.82) is 0 Å². The lowest BCUT2D eigenvalue weighted by atomic mass is 10.2. The van der Waals surface area contributed by atoms with Crippen LogP contribution in [0.15, 0.2) is 5.11 Å². The van der Waals surface area contributed by atoms with E-state index < -0.39 is 6.04 Å². The molecular weight excluding hydrogens is 156 g/mol. The van der Waals surface area contributed by atoms with Crippen molar-refractivity contribution in [3.05, 3.63) is 10.4 Å². The van der Waals surface area contributed by atoms with Gasteiger partial charge in [0.25, 0.3) is 0 Å². The molecule has 0 rings (SSSR count). The summed E-state index contributed by atoms with van der Waals surface area (Å²) in [4.78, 5) is 13.6. The van der Waals surface area contributed by atoms with Gasteiger partial charge in [0.2, 0.25) is 5.91 Å². The number of azide groups is 1. The van der Waals surface area contributed by atoms with Crippen molar-refractivity contribution < 1.29 is 4.79 Å². The topological polar surface area (TPSA) is 77.9 Å². The van der Waals surface area contributed by atoms with Gasteiger partial charge in [-0.2, -0.15) is 0 Å². The molecule has 0 heterocycles. The van der Waals surface area contributed by atoms with E-state index in [9.17, 15) is 4.79 Å². The molecule has 5 nitrogen and oxygen atoms in total. The largest absolute Gasteiger partial charge is 0.356 e. The molecule has 0 aliphatic heterocycles. The summed E-state index contributed by atoms with van der Waals surface area (Å²) in [5, 5.41) is 5.93. The van der Waals surface area contributed by atoms with Gasteiger partial charge in [0, 0.05) is 11.5 Å². The number of hydrogen-bond donors (Lipinski definition) is 1. The highest BCUT2D eigenvalue weighted by Crippen LogP contribution is 1.92. The monoisotopic (exact) mass is 170 g/mol. The van der Waals surface area contributed by atoms with E-state index in [1.54, 1.807) is 6.92 Å². The number of carbonyl (C=O) groups excluding carboxylic acids is 1. The minimum Gasteiger partial charge on any atom is -0.356 e. The zero-order chi connectivity index (χ0) is 9.56. The van der Waals surface area contributed by atoms with E-state index in [1.165, 1.54) is 0 Å². The zero-order valence-electron chi connectivity index (χ0n) is 7.61. The molecule has 1 atom stereocenters. The molecule has 0 saturated heterocycles. The first-order valence-corrected chi connectivity index (χ1v) is 3.89. The molecule has 0 fully saturated rings. The molecule has 0 aromatic carbocycles. The fourth-order valence-electron chi connectivity index (χ4n) is 0.582. The Balaban J connectivity index is 3.79. The van der Waals surface area contributed by atoms with Gasteiger partial charge in [0.1, 0.15) is 6.04 Å². The highest BCUT2D eigenvalue weighted by Gasteiger charge is 2.09. The first kappa shape index (κ1) is 10.8. The normalized spacial score (nSPS) is 12.0. The number of carbonyl (C=O) groups is 1. The average molecular weight is 170 g/mol. The van der Waals surface area contributed by atoms with Gasteiger partial charge in [-0.05, 0) is 18.4 Å². The smallest absolute Gasteiger partial charge is 0.228 e. The summed E-state index contributed by atoms with van der Waals surface area (Å²) < 4.78 is 0. The van der Waals surface area contributed by atoms with Gasteiger partial charge in [-0.1, -0.05) is 19.0 Å². The number of nitrogens with zero attached hydrogens (tertiary/aromatic N) is 3. The Morgan fingerprint density at radius 3 is 2.58 bits per heavy atom. The van der Waals surface area contributed by atoms with Crippen molar-refractivity contribution in [2.75, 3.05) is 6.54 Å². The molecule has 68 valence electrons. The highest BCUT2D eigenvalue weighted by atomic mass is 16.2. The Kier molecular flexibility index (Phi) is 4.88. The van der Waals surface area contributed by atoms with Crippen molar-refractivity contribution in [3.8, 4) is 0 Å². The minimum absolute atomic E-state index is 0.221. The third kappa shape index (κ3) is 4.57. The second-order valence-corrected chi connectivity index (χ2v) is 3.02. The Morgan fingerprint density at radius 2 is 2.17 bits per heavy atom. The van der Waals surface area contributed by atoms with Crippen LogP contribution in [0, 0.1) is 5.92 Å². The lowest BCUT2D eigenvalue weighted by Crippen LogP contribution is -2.33. The Hall–Kier alpha value is -1.22. The molecule has 1 amide bonds. The number of amides is 1. The summed E-state index contributed by atoms with van der Waals surface area (Å²) in [5.41, 5.74) is 8.04. The summed E-state index contributed by atoms with van der Waals surface area (Å²) in [6, 6.07) is -0.617. The Labute approximate surface area is 71.8 Å². The molecule has 0 bridgehead atoms. The van der Waals surface area contributed by atoms with Crippen LogP contribution in [0.5, 0.6) is 0 Å². The summed E-state index contributed by atoms with van der Waals surface area (Å²) in [7, 11) is 0. The number of rotatable bonds is 4. The number of nitrogens with one attached hydrogen (secondary N) is 1. The van der Waals surface area contributed by atoms with Crippen LogP contribution < -0.4 is 5.32 Å². The van der Waals surface area contributed by atoms with Crippen LogP contribution >= 0.6 is 0 Å². The van der Waals surface area contributed by atoms with Gasteiger partial charge in [0.05, 0.1) is 0 Å². The molecule has 0 saturated carbocycles. The van der Waals surface area contributed by atoms with E-state index in [0.29, 0.717) is 12.5 Å². The second-order valence-electron chi connectivity index (χ2n) is 3.02. The van der Waals surface area contributed by atoms with Crippen molar-refractivity contribution in [2.24, 2.45) is 11.0 Å². The quantitative estimate of drug-likeness (QED) is 0.387. The SMILES string of the molecule is CC(C)CNC(=O)C(C)N=[N+]=[N-]. The average Bonchev–Trinajstić information content (AvgIpc) is 2.00. The summed E-state index contributed by atoms with van der Waals surface area (Å²) in [6.45, 7) is 6.18. The second kappa shape index (κ2) is 5.43.